The van der Waals surface area contributed by atoms with Crippen LogP contribution >= 0.6 is 0 Å². The monoisotopic (exact) mass is 223 g/mol. The first-order valence-corrected chi connectivity index (χ1v) is 5.63. The van der Waals surface area contributed by atoms with Gasteiger partial charge in [-0.05, 0) is 18.8 Å². The van der Waals surface area contributed by atoms with E-state index in [0.29, 0.717) is 18.9 Å². The van der Waals surface area contributed by atoms with Crippen molar-refractivity contribution in [3.05, 3.63) is 0 Å². The van der Waals surface area contributed by atoms with Gasteiger partial charge < -0.3 is 10.5 Å². The van der Waals surface area contributed by atoms with Gasteiger partial charge in [-0.15, -0.1) is 0 Å². The maximum atomic E-state index is 11.7. The molecule has 1 atom stereocenters. The molecule has 2 nitrogen and oxygen atoms in total. The second kappa shape index (κ2) is 9.04. The molecule has 0 bridgehead atoms. The standard InChI is InChI=1S/C11H23F2NO/c1-9(2)4-3-5-10(14)6-7-15-8-11(12)13/h9-11H,3-8,14H2,1-2H3. The van der Waals surface area contributed by atoms with Gasteiger partial charge in [0.25, 0.3) is 6.43 Å². The summed E-state index contributed by atoms with van der Waals surface area (Å²) in [4.78, 5) is 0. The summed E-state index contributed by atoms with van der Waals surface area (Å²) in [6.45, 7) is 4.22. The smallest absolute Gasteiger partial charge is 0.261 e. The van der Waals surface area contributed by atoms with Crippen LogP contribution in [0, 0.1) is 5.92 Å². The van der Waals surface area contributed by atoms with Crippen LogP contribution in [0.5, 0.6) is 0 Å². The van der Waals surface area contributed by atoms with E-state index < -0.39 is 13.0 Å². The van der Waals surface area contributed by atoms with Gasteiger partial charge in [-0.25, -0.2) is 8.78 Å². The summed E-state index contributed by atoms with van der Waals surface area (Å²) < 4.78 is 28.2. The van der Waals surface area contributed by atoms with E-state index in [9.17, 15) is 8.78 Å². The summed E-state index contributed by atoms with van der Waals surface area (Å²) in [5.41, 5.74) is 5.81. The van der Waals surface area contributed by atoms with Gasteiger partial charge in [0, 0.05) is 12.6 Å². The van der Waals surface area contributed by atoms with Gasteiger partial charge in [0.2, 0.25) is 0 Å². The van der Waals surface area contributed by atoms with E-state index >= 15 is 0 Å². The van der Waals surface area contributed by atoms with Crippen molar-refractivity contribution in [2.45, 2.75) is 52.0 Å². The van der Waals surface area contributed by atoms with Crippen molar-refractivity contribution in [1.82, 2.24) is 0 Å². The fourth-order valence-electron chi connectivity index (χ4n) is 1.34. The highest BCUT2D eigenvalue weighted by molar-refractivity contribution is 4.61. The predicted octanol–water partition coefficient (Wildman–Crippen LogP) is 2.81. The van der Waals surface area contributed by atoms with Crippen molar-refractivity contribution in [2.75, 3.05) is 13.2 Å². The Morgan fingerprint density at radius 1 is 1.13 bits per heavy atom. The molecular weight excluding hydrogens is 200 g/mol. The van der Waals surface area contributed by atoms with Crippen LogP contribution in [0.25, 0.3) is 0 Å². The molecule has 0 aliphatic heterocycles. The summed E-state index contributed by atoms with van der Waals surface area (Å²) in [5, 5.41) is 0. The lowest BCUT2D eigenvalue weighted by Gasteiger charge is -2.12. The Labute approximate surface area is 91.2 Å². The van der Waals surface area contributed by atoms with Crippen LogP contribution in [0.1, 0.15) is 39.5 Å². The second-order valence-electron chi connectivity index (χ2n) is 4.34. The average molecular weight is 223 g/mol. The van der Waals surface area contributed by atoms with E-state index in [-0.39, 0.29) is 6.04 Å². The number of alkyl halides is 2. The summed E-state index contributed by atoms with van der Waals surface area (Å²) in [6.07, 6.45) is 1.53. The van der Waals surface area contributed by atoms with Gasteiger partial charge in [0.1, 0.15) is 6.61 Å². The molecule has 92 valence electrons. The first-order chi connectivity index (χ1) is 7.02. The number of ether oxygens (including phenoxy) is 1. The topological polar surface area (TPSA) is 35.2 Å². The SMILES string of the molecule is CC(C)CCCC(N)CCOCC(F)F. The molecule has 15 heavy (non-hydrogen) atoms. The molecular formula is C11H23F2NO. The first-order valence-electron chi connectivity index (χ1n) is 5.63. The molecule has 0 aliphatic carbocycles. The zero-order valence-electron chi connectivity index (χ0n) is 9.72. The highest BCUT2D eigenvalue weighted by Crippen LogP contribution is 2.09. The van der Waals surface area contributed by atoms with Crippen molar-refractivity contribution >= 4 is 0 Å². The quantitative estimate of drug-likeness (QED) is 0.610. The fourth-order valence-corrected chi connectivity index (χ4v) is 1.34. The molecule has 0 aromatic rings. The third-order valence-corrected chi connectivity index (χ3v) is 2.23. The molecule has 0 aliphatic rings. The maximum Gasteiger partial charge on any atom is 0.261 e. The Morgan fingerprint density at radius 2 is 1.80 bits per heavy atom. The van der Waals surface area contributed by atoms with Crippen LogP contribution < -0.4 is 5.73 Å². The number of hydrogen-bond donors (Lipinski definition) is 1. The normalized spacial score (nSPS) is 13.8. The molecule has 0 rings (SSSR count). The highest BCUT2D eigenvalue weighted by Gasteiger charge is 2.05. The van der Waals surface area contributed by atoms with Crippen LogP contribution in [0.3, 0.4) is 0 Å². The van der Waals surface area contributed by atoms with Crippen molar-refractivity contribution in [3.8, 4) is 0 Å². The van der Waals surface area contributed by atoms with Crippen molar-refractivity contribution in [2.24, 2.45) is 11.7 Å². The van der Waals surface area contributed by atoms with Crippen LogP contribution in [-0.2, 0) is 4.74 Å². The number of halogens is 2. The highest BCUT2D eigenvalue weighted by atomic mass is 19.3. The lowest BCUT2D eigenvalue weighted by Crippen LogP contribution is -2.22. The van der Waals surface area contributed by atoms with E-state index in [0.717, 1.165) is 12.8 Å². The van der Waals surface area contributed by atoms with Crippen LogP contribution in [0.4, 0.5) is 8.78 Å². The Bertz CT molecular complexity index is 143. The van der Waals surface area contributed by atoms with Crippen LogP contribution in [0.15, 0.2) is 0 Å². The van der Waals surface area contributed by atoms with Crippen LogP contribution in [0.2, 0.25) is 0 Å². The minimum atomic E-state index is -2.37. The molecule has 2 N–H and O–H groups in total. The van der Waals surface area contributed by atoms with E-state index in [4.69, 9.17) is 10.5 Å². The fraction of sp³-hybridized carbons (Fsp3) is 1.00. The maximum absolute atomic E-state index is 11.7. The van der Waals surface area contributed by atoms with Gasteiger partial charge in [-0.2, -0.15) is 0 Å². The number of hydrogen-bond acceptors (Lipinski definition) is 2. The summed E-state index contributed by atoms with van der Waals surface area (Å²) in [6, 6.07) is 0.0847. The van der Waals surface area contributed by atoms with Crippen molar-refractivity contribution in [3.63, 3.8) is 0 Å². The average Bonchev–Trinajstić information content (AvgIpc) is 2.11. The van der Waals surface area contributed by atoms with Gasteiger partial charge in [0.15, 0.2) is 0 Å². The summed E-state index contributed by atoms with van der Waals surface area (Å²) >= 11 is 0. The molecule has 0 aromatic carbocycles. The van der Waals surface area contributed by atoms with Gasteiger partial charge in [-0.3, -0.25) is 0 Å². The molecule has 0 spiro atoms. The lowest BCUT2D eigenvalue weighted by atomic mass is 10.0. The van der Waals surface area contributed by atoms with Gasteiger partial charge >= 0.3 is 0 Å². The third kappa shape index (κ3) is 11.7. The third-order valence-electron chi connectivity index (χ3n) is 2.23. The molecule has 1 unspecified atom stereocenters. The Balaban J connectivity index is 3.22. The Hall–Kier alpha value is -0.220. The molecule has 4 heteroatoms. The van der Waals surface area contributed by atoms with E-state index in [2.05, 4.69) is 13.8 Å². The van der Waals surface area contributed by atoms with E-state index in [1.165, 1.54) is 6.42 Å². The molecule has 0 aromatic heterocycles. The molecule has 0 heterocycles. The zero-order chi connectivity index (χ0) is 11.7. The first kappa shape index (κ1) is 14.8. The molecule has 0 radical (unpaired) electrons. The Morgan fingerprint density at radius 3 is 2.33 bits per heavy atom. The Kier molecular flexibility index (Phi) is 8.91. The van der Waals surface area contributed by atoms with E-state index in [1.54, 1.807) is 0 Å². The lowest BCUT2D eigenvalue weighted by molar-refractivity contribution is 0.0150. The van der Waals surface area contributed by atoms with Crippen molar-refractivity contribution < 1.29 is 13.5 Å². The molecule has 0 amide bonds. The van der Waals surface area contributed by atoms with Gasteiger partial charge in [0.05, 0.1) is 0 Å². The summed E-state index contributed by atoms with van der Waals surface area (Å²) in [5.74, 6) is 0.701. The molecule has 0 saturated heterocycles. The second-order valence-corrected chi connectivity index (χ2v) is 4.34. The number of rotatable bonds is 9. The predicted molar refractivity (Wildman–Crippen MR) is 58.1 cm³/mol. The molecule has 0 fully saturated rings. The van der Waals surface area contributed by atoms with Gasteiger partial charge in [-0.1, -0.05) is 26.7 Å². The number of nitrogens with two attached hydrogens (primary N) is 1. The van der Waals surface area contributed by atoms with E-state index in [1.807, 2.05) is 0 Å². The minimum absolute atomic E-state index is 0.0847. The van der Waals surface area contributed by atoms with Crippen molar-refractivity contribution in [1.29, 1.82) is 0 Å². The largest absolute Gasteiger partial charge is 0.375 e. The zero-order valence-corrected chi connectivity index (χ0v) is 9.72. The minimum Gasteiger partial charge on any atom is -0.375 e. The molecule has 0 saturated carbocycles. The summed E-state index contributed by atoms with van der Waals surface area (Å²) in [7, 11) is 0. The van der Waals surface area contributed by atoms with Crippen LogP contribution in [-0.4, -0.2) is 25.7 Å².